The highest BCUT2D eigenvalue weighted by Crippen LogP contribution is 2.39. The van der Waals surface area contributed by atoms with Gasteiger partial charge in [0.25, 0.3) is 0 Å². The van der Waals surface area contributed by atoms with Crippen molar-refractivity contribution in [2.24, 2.45) is 5.92 Å². The zero-order valence-electron chi connectivity index (χ0n) is 17.8. The molecule has 2 fully saturated rings. The van der Waals surface area contributed by atoms with Gasteiger partial charge in [-0.3, -0.25) is 4.79 Å². The Bertz CT molecular complexity index is 741. The van der Waals surface area contributed by atoms with E-state index in [-0.39, 0.29) is 46.5 Å². The van der Waals surface area contributed by atoms with E-state index in [1.807, 2.05) is 0 Å². The molecule has 0 radical (unpaired) electrons. The number of carbonyl (C=O) groups is 1. The number of rotatable bonds is 7. The average molecular weight is 462 g/mol. The molecule has 1 aliphatic carbocycles. The maximum Gasteiger partial charge on any atom is 0.416 e. The minimum atomic E-state index is -4.51. The zero-order chi connectivity index (χ0) is 22.6. The number of Topliss-reactive ketones (excluding diaryl/α,β-unsaturated/α-hetero) is 1. The zero-order valence-corrected chi connectivity index (χ0v) is 18.7. The number of halogens is 3. The Morgan fingerprint density at radius 3 is 2.58 bits per heavy atom. The van der Waals surface area contributed by atoms with E-state index in [4.69, 9.17) is 9.47 Å². The number of aliphatic hydroxyl groups is 1. The molecule has 5 nitrogen and oxygen atoms in total. The van der Waals surface area contributed by atoms with E-state index in [1.165, 1.54) is 7.11 Å². The predicted molar refractivity (Wildman–Crippen MR) is 113 cm³/mol. The Balaban J connectivity index is 1.77. The molecule has 0 amide bonds. The van der Waals surface area contributed by atoms with Crippen LogP contribution in [0.25, 0.3) is 0 Å². The molecular formula is C22H30F3NO4S. The molecule has 174 valence electrons. The van der Waals surface area contributed by atoms with E-state index in [2.05, 4.69) is 5.32 Å². The van der Waals surface area contributed by atoms with Gasteiger partial charge < -0.3 is 19.9 Å². The van der Waals surface area contributed by atoms with E-state index < -0.39 is 11.7 Å². The number of carbonyl (C=O) groups excluding carboxylic acids is 1. The van der Waals surface area contributed by atoms with Gasteiger partial charge in [-0.15, -0.1) is 11.8 Å². The number of benzene rings is 1. The number of hydrogen-bond donors (Lipinski definition) is 2. The smallest absolute Gasteiger partial charge is 0.416 e. The van der Waals surface area contributed by atoms with Gasteiger partial charge in [-0.05, 0) is 50.5 Å². The highest BCUT2D eigenvalue weighted by atomic mass is 32.2. The molecule has 9 heteroatoms. The topological polar surface area (TPSA) is 67.8 Å². The molecular weight excluding hydrogens is 431 g/mol. The first kappa shape index (κ1) is 24.4. The third-order valence-corrected chi connectivity index (χ3v) is 6.94. The van der Waals surface area contributed by atoms with Crippen molar-refractivity contribution >= 4 is 17.5 Å². The van der Waals surface area contributed by atoms with Crippen molar-refractivity contribution in [2.75, 3.05) is 26.6 Å². The Morgan fingerprint density at radius 1 is 1.26 bits per heavy atom. The van der Waals surface area contributed by atoms with E-state index in [9.17, 15) is 23.1 Å². The van der Waals surface area contributed by atoms with Crippen LogP contribution in [0.5, 0.6) is 5.75 Å². The number of ether oxygens (including phenoxy) is 2. The summed E-state index contributed by atoms with van der Waals surface area (Å²) in [7, 11) is 1.28. The van der Waals surface area contributed by atoms with Crippen LogP contribution in [0.3, 0.4) is 0 Å². The third kappa shape index (κ3) is 6.15. The molecule has 3 rings (SSSR count). The van der Waals surface area contributed by atoms with Gasteiger partial charge in [0, 0.05) is 35.9 Å². The number of nitrogens with one attached hydrogen (secondary N) is 1. The lowest BCUT2D eigenvalue weighted by Crippen LogP contribution is -2.49. The lowest BCUT2D eigenvalue weighted by atomic mass is 9.86. The van der Waals surface area contributed by atoms with Gasteiger partial charge >= 0.3 is 6.18 Å². The number of thioether (sulfide) groups is 1. The Hall–Kier alpha value is -1.29. The monoisotopic (exact) mass is 461 g/mol. The second kappa shape index (κ2) is 10.6. The molecule has 1 saturated carbocycles. The lowest BCUT2D eigenvalue weighted by Gasteiger charge is -2.37. The van der Waals surface area contributed by atoms with Crippen molar-refractivity contribution in [2.45, 2.75) is 67.8 Å². The molecule has 1 heterocycles. The number of ketones is 1. The molecule has 0 spiro atoms. The first-order valence-electron chi connectivity index (χ1n) is 10.6. The number of hydrogen-bond acceptors (Lipinski definition) is 6. The van der Waals surface area contributed by atoms with Crippen LogP contribution >= 0.6 is 11.8 Å². The fraction of sp³-hybridized carbons (Fsp3) is 0.682. The van der Waals surface area contributed by atoms with Crippen LogP contribution in [-0.2, 0) is 10.9 Å². The van der Waals surface area contributed by atoms with Crippen LogP contribution in [0.1, 0.15) is 54.4 Å². The average Bonchev–Trinajstić information content (AvgIpc) is 2.74. The van der Waals surface area contributed by atoms with Crippen LogP contribution in [0.15, 0.2) is 17.0 Å². The second-order valence-corrected chi connectivity index (χ2v) is 9.13. The number of methoxy groups -OCH3 is 1. The van der Waals surface area contributed by atoms with E-state index in [0.717, 1.165) is 56.0 Å². The van der Waals surface area contributed by atoms with Crippen LogP contribution in [0, 0.1) is 5.92 Å². The van der Waals surface area contributed by atoms with Crippen LogP contribution in [0.2, 0.25) is 0 Å². The summed E-state index contributed by atoms with van der Waals surface area (Å²) in [6, 6.07) is 2.30. The largest absolute Gasteiger partial charge is 0.496 e. The van der Waals surface area contributed by atoms with Gasteiger partial charge in [-0.25, -0.2) is 0 Å². The molecule has 1 saturated heterocycles. The van der Waals surface area contributed by atoms with Gasteiger partial charge in [0.1, 0.15) is 5.75 Å². The molecule has 1 aliphatic heterocycles. The van der Waals surface area contributed by atoms with Crippen molar-refractivity contribution < 1.29 is 32.5 Å². The minimum Gasteiger partial charge on any atom is -0.496 e. The molecule has 1 aromatic rings. The Kier molecular flexibility index (Phi) is 8.29. The maximum absolute atomic E-state index is 13.2. The summed E-state index contributed by atoms with van der Waals surface area (Å²) in [5.74, 6) is -0.363. The van der Waals surface area contributed by atoms with Crippen LogP contribution in [0.4, 0.5) is 13.2 Å². The molecule has 0 bridgehead atoms. The molecule has 2 N–H and O–H groups in total. The summed E-state index contributed by atoms with van der Waals surface area (Å²) < 4.78 is 50.5. The van der Waals surface area contributed by atoms with E-state index in [0.29, 0.717) is 19.3 Å². The van der Waals surface area contributed by atoms with Gasteiger partial charge in [0.05, 0.1) is 30.9 Å². The fourth-order valence-electron chi connectivity index (χ4n) is 4.45. The Morgan fingerprint density at radius 2 is 1.97 bits per heavy atom. The maximum atomic E-state index is 13.2. The summed E-state index contributed by atoms with van der Waals surface area (Å²) in [5, 5.41) is 13.4. The van der Waals surface area contributed by atoms with Gasteiger partial charge in [-0.1, -0.05) is 0 Å². The number of alkyl halides is 3. The fourth-order valence-corrected chi connectivity index (χ4v) is 5.12. The van der Waals surface area contributed by atoms with Crippen LogP contribution in [-0.4, -0.2) is 55.7 Å². The second-order valence-electron chi connectivity index (χ2n) is 8.28. The lowest BCUT2D eigenvalue weighted by molar-refractivity contribution is -0.137. The van der Waals surface area contributed by atoms with Crippen molar-refractivity contribution in [1.82, 2.24) is 5.32 Å². The first-order chi connectivity index (χ1) is 14.7. The molecule has 2 aliphatic rings. The molecule has 31 heavy (non-hydrogen) atoms. The summed E-state index contributed by atoms with van der Waals surface area (Å²) in [4.78, 5) is 13.5. The SMILES string of the molecule is COc1cc(C(F)(F)F)cc(SC)c1C(=O)C[C@@H]1COCC[C@H]1NC1CCC(O)CC1. The van der Waals surface area contributed by atoms with E-state index >= 15 is 0 Å². The quantitative estimate of drug-likeness (QED) is 0.466. The highest BCUT2D eigenvalue weighted by Gasteiger charge is 2.35. The van der Waals surface area contributed by atoms with Crippen molar-refractivity contribution in [3.05, 3.63) is 23.3 Å². The summed E-state index contributed by atoms with van der Waals surface area (Å²) in [6.07, 6.45) is 1.16. The molecule has 2 atom stereocenters. The predicted octanol–water partition coefficient (Wildman–Crippen LogP) is 4.31. The molecule has 0 aromatic heterocycles. The van der Waals surface area contributed by atoms with Gasteiger partial charge in [-0.2, -0.15) is 13.2 Å². The number of aliphatic hydroxyl groups excluding tert-OH is 1. The normalized spacial score (nSPS) is 27.2. The molecule has 1 aromatic carbocycles. The molecule has 0 unspecified atom stereocenters. The standard InChI is InChI=1S/C22H30F3NO4S/c1-29-19-10-14(22(23,24)25)11-20(31-2)21(19)18(28)9-13-12-30-8-7-17(13)26-15-3-5-16(27)6-4-15/h10-11,13,15-17,26-27H,3-9,12H2,1-2H3/t13-,15?,16?,17-/m1/s1. The van der Waals surface area contributed by atoms with Crippen molar-refractivity contribution in [3.8, 4) is 5.75 Å². The van der Waals surface area contributed by atoms with Gasteiger partial charge in [0.2, 0.25) is 0 Å². The van der Waals surface area contributed by atoms with E-state index in [1.54, 1.807) is 6.26 Å². The van der Waals surface area contributed by atoms with Crippen molar-refractivity contribution in [1.29, 1.82) is 0 Å². The third-order valence-electron chi connectivity index (χ3n) is 6.18. The van der Waals surface area contributed by atoms with Crippen molar-refractivity contribution in [3.63, 3.8) is 0 Å². The minimum absolute atomic E-state index is 0.0494. The highest BCUT2D eigenvalue weighted by molar-refractivity contribution is 7.98. The summed E-state index contributed by atoms with van der Waals surface area (Å²) in [5.41, 5.74) is -0.626. The van der Waals surface area contributed by atoms with Crippen LogP contribution < -0.4 is 10.1 Å². The first-order valence-corrected chi connectivity index (χ1v) is 11.8. The Labute approximate surface area is 185 Å². The summed E-state index contributed by atoms with van der Waals surface area (Å²) in [6.45, 7) is 1.04. The van der Waals surface area contributed by atoms with Gasteiger partial charge in [0.15, 0.2) is 5.78 Å². The summed E-state index contributed by atoms with van der Waals surface area (Å²) >= 11 is 1.10.